The largest absolute Gasteiger partial charge is 0.313 e. The highest BCUT2D eigenvalue weighted by atomic mass is 79.9. The molecule has 1 atom stereocenters. The number of nitrogens with zero attached hydrogens (tertiary/aromatic N) is 1. The number of sulfonamides is 1. The van der Waals surface area contributed by atoms with Gasteiger partial charge in [-0.25, -0.2) is 8.42 Å². The molecule has 1 heterocycles. The summed E-state index contributed by atoms with van der Waals surface area (Å²) < 4.78 is 26.0. The Labute approximate surface area is 110 Å². The highest BCUT2D eigenvalue weighted by Crippen LogP contribution is 2.26. The van der Waals surface area contributed by atoms with E-state index in [0.29, 0.717) is 19.6 Å². The van der Waals surface area contributed by atoms with E-state index in [1.807, 2.05) is 24.3 Å². The predicted molar refractivity (Wildman–Crippen MR) is 71.3 cm³/mol. The molecule has 0 saturated carbocycles. The molecule has 4 nitrogen and oxygen atoms in total. The number of hydrogen-bond donors (Lipinski definition) is 1. The van der Waals surface area contributed by atoms with Gasteiger partial charge in [-0.3, -0.25) is 0 Å². The van der Waals surface area contributed by atoms with E-state index in [2.05, 4.69) is 21.2 Å². The van der Waals surface area contributed by atoms with Gasteiger partial charge in [0.1, 0.15) is 0 Å². The van der Waals surface area contributed by atoms with E-state index < -0.39 is 10.0 Å². The molecule has 1 unspecified atom stereocenters. The summed E-state index contributed by atoms with van der Waals surface area (Å²) in [6.07, 6.45) is 1.27. The molecule has 1 N–H and O–H groups in total. The fourth-order valence-corrected chi connectivity index (χ4v) is 3.58. The van der Waals surface area contributed by atoms with E-state index in [9.17, 15) is 8.42 Å². The molecule has 1 saturated heterocycles. The normalized spacial score (nSPS) is 22.6. The van der Waals surface area contributed by atoms with Gasteiger partial charge in [0, 0.05) is 24.1 Å². The third-order valence-corrected chi connectivity index (χ3v) is 4.64. The Balaban J connectivity index is 2.34. The van der Waals surface area contributed by atoms with Gasteiger partial charge >= 0.3 is 0 Å². The number of piperazine rings is 1. The first-order valence-electron chi connectivity index (χ1n) is 5.41. The third kappa shape index (κ3) is 3.07. The van der Waals surface area contributed by atoms with Crippen molar-refractivity contribution in [2.75, 3.05) is 25.9 Å². The summed E-state index contributed by atoms with van der Waals surface area (Å²) in [5, 5.41) is 3.23. The molecular formula is C11H15BrN2O2S. The van der Waals surface area contributed by atoms with Gasteiger partial charge < -0.3 is 5.32 Å². The average molecular weight is 319 g/mol. The van der Waals surface area contributed by atoms with Crippen molar-refractivity contribution in [3.8, 4) is 0 Å². The Hall–Kier alpha value is -0.430. The highest BCUT2D eigenvalue weighted by molar-refractivity contribution is 9.10. The first kappa shape index (κ1) is 13.0. The number of halogens is 1. The fraction of sp³-hybridized carbons (Fsp3) is 0.455. The number of hydrogen-bond acceptors (Lipinski definition) is 3. The molecule has 6 heteroatoms. The molecule has 0 radical (unpaired) electrons. The van der Waals surface area contributed by atoms with Gasteiger partial charge in [-0.2, -0.15) is 4.31 Å². The zero-order valence-electron chi connectivity index (χ0n) is 9.56. The number of rotatable bonds is 2. The van der Waals surface area contributed by atoms with Crippen molar-refractivity contribution in [1.29, 1.82) is 0 Å². The topological polar surface area (TPSA) is 49.4 Å². The van der Waals surface area contributed by atoms with E-state index in [-0.39, 0.29) is 6.04 Å². The highest BCUT2D eigenvalue weighted by Gasteiger charge is 2.30. The Morgan fingerprint density at radius 1 is 1.47 bits per heavy atom. The maximum Gasteiger partial charge on any atom is 0.211 e. The molecule has 1 fully saturated rings. The van der Waals surface area contributed by atoms with Crippen LogP contribution in [0.25, 0.3) is 0 Å². The van der Waals surface area contributed by atoms with Crippen LogP contribution in [0.15, 0.2) is 28.7 Å². The van der Waals surface area contributed by atoms with Gasteiger partial charge in [0.25, 0.3) is 0 Å². The third-order valence-electron chi connectivity index (χ3n) is 2.85. The second-order valence-corrected chi connectivity index (χ2v) is 7.00. The lowest BCUT2D eigenvalue weighted by Crippen LogP contribution is -2.48. The molecule has 2 rings (SSSR count). The van der Waals surface area contributed by atoms with Crippen LogP contribution in [0.1, 0.15) is 11.6 Å². The molecule has 1 aromatic carbocycles. The van der Waals surface area contributed by atoms with E-state index in [1.165, 1.54) is 6.26 Å². The number of nitrogens with one attached hydrogen (secondary N) is 1. The van der Waals surface area contributed by atoms with Crippen LogP contribution in [0.4, 0.5) is 0 Å². The predicted octanol–water partition coefficient (Wildman–Crippen LogP) is 1.35. The van der Waals surface area contributed by atoms with Crippen LogP contribution >= 0.6 is 15.9 Å². The van der Waals surface area contributed by atoms with E-state index in [0.717, 1.165) is 10.0 Å². The van der Waals surface area contributed by atoms with E-state index >= 15 is 0 Å². The lowest BCUT2D eigenvalue weighted by atomic mass is 10.1. The van der Waals surface area contributed by atoms with Crippen LogP contribution in [0, 0.1) is 0 Å². The van der Waals surface area contributed by atoms with Gasteiger partial charge in [-0.15, -0.1) is 0 Å². The quantitative estimate of drug-likeness (QED) is 0.895. The summed E-state index contributed by atoms with van der Waals surface area (Å²) in [6, 6.07) is 7.67. The van der Waals surface area contributed by atoms with Crippen molar-refractivity contribution in [2.45, 2.75) is 6.04 Å². The van der Waals surface area contributed by atoms with Crippen LogP contribution in [-0.4, -0.2) is 38.6 Å². The molecule has 1 aliphatic rings. The first-order chi connectivity index (χ1) is 7.98. The second-order valence-electron chi connectivity index (χ2n) is 4.15. The van der Waals surface area contributed by atoms with Crippen molar-refractivity contribution < 1.29 is 8.42 Å². The molecule has 1 aliphatic heterocycles. The zero-order valence-corrected chi connectivity index (χ0v) is 12.0. The van der Waals surface area contributed by atoms with Crippen LogP contribution in [0.5, 0.6) is 0 Å². The van der Waals surface area contributed by atoms with Gasteiger partial charge in [-0.05, 0) is 17.7 Å². The molecule has 17 heavy (non-hydrogen) atoms. The summed E-state index contributed by atoms with van der Waals surface area (Å²) in [5.74, 6) is 0. The molecule has 0 aliphatic carbocycles. The Bertz CT molecular complexity index is 504. The Morgan fingerprint density at radius 3 is 2.88 bits per heavy atom. The van der Waals surface area contributed by atoms with Crippen molar-refractivity contribution in [3.63, 3.8) is 0 Å². The fourth-order valence-electron chi connectivity index (χ4n) is 2.08. The summed E-state index contributed by atoms with van der Waals surface area (Å²) in [7, 11) is -3.16. The minimum Gasteiger partial charge on any atom is -0.313 e. The van der Waals surface area contributed by atoms with Crippen LogP contribution in [0.3, 0.4) is 0 Å². The van der Waals surface area contributed by atoms with Gasteiger partial charge in [0.15, 0.2) is 0 Å². The molecule has 94 valence electrons. The monoisotopic (exact) mass is 318 g/mol. The molecular weight excluding hydrogens is 304 g/mol. The minimum atomic E-state index is -3.16. The van der Waals surface area contributed by atoms with Gasteiger partial charge in [0.2, 0.25) is 10.0 Å². The average Bonchev–Trinajstić information content (AvgIpc) is 2.28. The van der Waals surface area contributed by atoms with Crippen molar-refractivity contribution in [2.24, 2.45) is 0 Å². The van der Waals surface area contributed by atoms with Crippen LogP contribution in [-0.2, 0) is 10.0 Å². The first-order valence-corrected chi connectivity index (χ1v) is 8.05. The summed E-state index contributed by atoms with van der Waals surface area (Å²) in [5.41, 5.74) is 1.01. The molecule has 0 bridgehead atoms. The molecule has 0 aromatic heterocycles. The molecule has 0 spiro atoms. The van der Waals surface area contributed by atoms with Crippen molar-refractivity contribution >= 4 is 26.0 Å². The van der Waals surface area contributed by atoms with Crippen molar-refractivity contribution in [1.82, 2.24) is 9.62 Å². The van der Waals surface area contributed by atoms with E-state index in [4.69, 9.17) is 0 Å². The number of benzene rings is 1. The van der Waals surface area contributed by atoms with E-state index in [1.54, 1.807) is 4.31 Å². The smallest absolute Gasteiger partial charge is 0.211 e. The second kappa shape index (κ2) is 5.06. The zero-order chi connectivity index (χ0) is 12.5. The Kier molecular flexibility index (Phi) is 3.87. The summed E-state index contributed by atoms with van der Waals surface area (Å²) in [4.78, 5) is 0. The Morgan fingerprint density at radius 2 is 2.24 bits per heavy atom. The SMILES string of the molecule is CS(=O)(=O)N1CCNCC1c1cccc(Br)c1. The summed E-state index contributed by atoms with van der Waals surface area (Å²) in [6.45, 7) is 1.89. The molecule has 0 amide bonds. The maximum absolute atomic E-state index is 11.7. The summed E-state index contributed by atoms with van der Waals surface area (Å²) >= 11 is 3.41. The standard InChI is InChI=1S/C11H15BrN2O2S/c1-17(15,16)14-6-5-13-8-11(14)9-3-2-4-10(12)7-9/h2-4,7,11,13H,5-6,8H2,1H3. The van der Waals surface area contributed by atoms with Crippen LogP contribution < -0.4 is 5.32 Å². The van der Waals surface area contributed by atoms with Crippen molar-refractivity contribution in [3.05, 3.63) is 34.3 Å². The minimum absolute atomic E-state index is 0.115. The molecule has 1 aromatic rings. The van der Waals surface area contributed by atoms with Crippen LogP contribution in [0.2, 0.25) is 0 Å². The van der Waals surface area contributed by atoms with Gasteiger partial charge in [-0.1, -0.05) is 28.1 Å². The lowest BCUT2D eigenvalue weighted by Gasteiger charge is -2.34. The van der Waals surface area contributed by atoms with Gasteiger partial charge in [0.05, 0.1) is 12.3 Å². The maximum atomic E-state index is 11.7. The lowest BCUT2D eigenvalue weighted by molar-refractivity contribution is 0.273.